The number of nitrogens with two attached hydrogens (primary N) is 1. The predicted molar refractivity (Wildman–Crippen MR) is 96.0 cm³/mol. The molecule has 1 aromatic heterocycles. The fourth-order valence-corrected chi connectivity index (χ4v) is 3.52. The molecular weight excluding hydrogens is 324 g/mol. The van der Waals surface area contributed by atoms with Crippen LogP contribution in [0.3, 0.4) is 0 Å². The van der Waals surface area contributed by atoms with Crippen LogP contribution in [-0.2, 0) is 11.3 Å². The van der Waals surface area contributed by atoms with Crippen LogP contribution in [-0.4, -0.2) is 25.7 Å². The Morgan fingerprint density at radius 3 is 2.71 bits per heavy atom. The van der Waals surface area contributed by atoms with Crippen molar-refractivity contribution in [3.05, 3.63) is 40.1 Å². The lowest BCUT2D eigenvalue weighted by molar-refractivity contribution is -0.118. The average molecular weight is 346 g/mol. The van der Waals surface area contributed by atoms with Gasteiger partial charge in [-0.3, -0.25) is 4.79 Å². The van der Waals surface area contributed by atoms with Crippen LogP contribution in [0.2, 0.25) is 0 Å². The molecule has 6 heteroatoms. The quantitative estimate of drug-likeness (QED) is 0.873. The number of amides is 1. The van der Waals surface area contributed by atoms with Gasteiger partial charge in [0.1, 0.15) is 13.2 Å². The van der Waals surface area contributed by atoms with Crippen LogP contribution in [0.4, 0.5) is 5.69 Å². The van der Waals surface area contributed by atoms with Gasteiger partial charge in [-0.15, -0.1) is 11.3 Å². The number of carbonyl (C=O) groups excluding carboxylic acids is 1. The second kappa shape index (κ2) is 7.68. The number of nitrogens with zero attached hydrogens (tertiary/aromatic N) is 1. The third kappa shape index (κ3) is 3.88. The van der Waals surface area contributed by atoms with Crippen LogP contribution in [0.15, 0.2) is 30.3 Å². The topological polar surface area (TPSA) is 64.8 Å². The highest BCUT2D eigenvalue weighted by Crippen LogP contribution is 2.35. The van der Waals surface area contributed by atoms with Gasteiger partial charge in [-0.05, 0) is 44.2 Å². The van der Waals surface area contributed by atoms with Crippen molar-refractivity contribution < 1.29 is 14.3 Å². The van der Waals surface area contributed by atoms with Gasteiger partial charge in [-0.1, -0.05) is 0 Å². The second-order valence-corrected chi connectivity index (χ2v) is 7.08. The van der Waals surface area contributed by atoms with Gasteiger partial charge >= 0.3 is 0 Å². The van der Waals surface area contributed by atoms with Crippen LogP contribution >= 0.6 is 11.3 Å². The molecular formula is C18H22N2O3S. The van der Waals surface area contributed by atoms with Crippen molar-refractivity contribution in [3.63, 3.8) is 0 Å². The van der Waals surface area contributed by atoms with E-state index in [1.807, 2.05) is 18.2 Å². The van der Waals surface area contributed by atoms with E-state index in [-0.39, 0.29) is 5.91 Å². The number of ether oxygens (including phenoxy) is 2. The van der Waals surface area contributed by atoms with Crippen molar-refractivity contribution >= 4 is 22.9 Å². The molecule has 1 amide bonds. The number of rotatable bonds is 6. The number of thiophene rings is 1. The van der Waals surface area contributed by atoms with Gasteiger partial charge in [-0.25, -0.2) is 0 Å². The first kappa shape index (κ1) is 16.8. The molecule has 0 unspecified atom stereocenters. The van der Waals surface area contributed by atoms with Gasteiger partial charge in [0, 0.05) is 27.9 Å². The van der Waals surface area contributed by atoms with Crippen molar-refractivity contribution in [2.24, 2.45) is 5.73 Å². The monoisotopic (exact) mass is 346 g/mol. The highest BCUT2D eigenvalue weighted by atomic mass is 32.1. The fraction of sp³-hybridized carbons (Fsp3) is 0.389. The third-order valence-corrected chi connectivity index (χ3v) is 4.83. The van der Waals surface area contributed by atoms with Crippen molar-refractivity contribution in [2.75, 3.05) is 24.7 Å². The van der Waals surface area contributed by atoms with Gasteiger partial charge in [0.05, 0.1) is 6.54 Å². The molecule has 0 fully saturated rings. The maximum atomic E-state index is 12.7. The van der Waals surface area contributed by atoms with Crippen molar-refractivity contribution in [1.29, 1.82) is 0 Å². The Bertz CT molecular complexity index is 714. The first-order chi connectivity index (χ1) is 11.7. The zero-order valence-corrected chi connectivity index (χ0v) is 14.6. The van der Waals surface area contributed by atoms with E-state index in [2.05, 4.69) is 19.1 Å². The SMILES string of the molecule is Cc1ccc(CN(C(=O)CCCN)c2ccc3c(c2)OCCO3)s1. The molecule has 2 N–H and O–H groups in total. The molecule has 3 rings (SSSR count). The standard InChI is InChI=1S/C18H22N2O3S/c1-13-4-6-15(24-13)12-20(18(21)3-2-8-19)14-5-7-16-17(11-14)23-10-9-22-16/h4-7,11H,2-3,8-10,12,19H2,1H3. The molecule has 128 valence electrons. The summed E-state index contributed by atoms with van der Waals surface area (Å²) in [4.78, 5) is 16.9. The summed E-state index contributed by atoms with van der Waals surface area (Å²) in [5, 5.41) is 0. The molecule has 1 aliphatic heterocycles. The van der Waals surface area contributed by atoms with Gasteiger partial charge in [-0.2, -0.15) is 0 Å². The smallest absolute Gasteiger partial charge is 0.227 e. The number of benzene rings is 1. The molecule has 0 radical (unpaired) electrons. The Kier molecular flexibility index (Phi) is 5.37. The second-order valence-electron chi connectivity index (χ2n) is 5.71. The fourth-order valence-electron chi connectivity index (χ4n) is 2.64. The summed E-state index contributed by atoms with van der Waals surface area (Å²) < 4.78 is 11.2. The summed E-state index contributed by atoms with van der Waals surface area (Å²) >= 11 is 1.71. The lowest BCUT2D eigenvalue weighted by atomic mass is 10.2. The molecule has 0 spiro atoms. The van der Waals surface area contributed by atoms with Gasteiger partial charge in [0.25, 0.3) is 0 Å². The largest absolute Gasteiger partial charge is 0.486 e. The van der Waals surface area contributed by atoms with Gasteiger partial charge < -0.3 is 20.1 Å². The summed E-state index contributed by atoms with van der Waals surface area (Å²) in [5.41, 5.74) is 6.38. The summed E-state index contributed by atoms with van der Waals surface area (Å²) in [5.74, 6) is 1.49. The maximum Gasteiger partial charge on any atom is 0.227 e. The highest BCUT2D eigenvalue weighted by Gasteiger charge is 2.20. The molecule has 0 bridgehead atoms. The Hall–Kier alpha value is -2.05. The molecule has 0 atom stereocenters. The first-order valence-corrected chi connectivity index (χ1v) is 8.94. The average Bonchev–Trinajstić information content (AvgIpc) is 3.02. The maximum absolute atomic E-state index is 12.7. The first-order valence-electron chi connectivity index (χ1n) is 8.13. The van der Waals surface area contributed by atoms with Crippen LogP contribution in [0.25, 0.3) is 0 Å². The minimum Gasteiger partial charge on any atom is -0.486 e. The summed E-state index contributed by atoms with van der Waals surface area (Å²) in [6.45, 7) is 4.22. The Labute approximate surface area is 146 Å². The number of hydrogen-bond donors (Lipinski definition) is 1. The molecule has 2 heterocycles. The van der Waals surface area contributed by atoms with E-state index < -0.39 is 0 Å². The molecule has 0 saturated heterocycles. The van der Waals surface area contributed by atoms with Crippen LogP contribution < -0.4 is 20.1 Å². The lowest BCUT2D eigenvalue weighted by Gasteiger charge is -2.25. The van der Waals surface area contributed by atoms with E-state index in [4.69, 9.17) is 15.2 Å². The molecule has 1 aromatic carbocycles. The van der Waals surface area contributed by atoms with E-state index in [1.54, 1.807) is 16.2 Å². The minimum absolute atomic E-state index is 0.0724. The summed E-state index contributed by atoms with van der Waals surface area (Å²) in [6.07, 6.45) is 1.12. The van der Waals surface area contributed by atoms with Crippen molar-refractivity contribution in [2.45, 2.75) is 26.3 Å². The Morgan fingerprint density at radius 1 is 1.21 bits per heavy atom. The van der Waals surface area contributed by atoms with Gasteiger partial charge in [0.2, 0.25) is 5.91 Å². The van der Waals surface area contributed by atoms with Crippen LogP contribution in [0, 0.1) is 6.92 Å². The number of carbonyl (C=O) groups is 1. The van der Waals surface area contributed by atoms with Crippen molar-refractivity contribution in [1.82, 2.24) is 0 Å². The molecule has 1 aliphatic rings. The number of aryl methyl sites for hydroxylation is 1. The Balaban J connectivity index is 1.86. The highest BCUT2D eigenvalue weighted by molar-refractivity contribution is 7.11. The number of hydrogen-bond acceptors (Lipinski definition) is 5. The normalized spacial score (nSPS) is 12.9. The van der Waals surface area contributed by atoms with Crippen LogP contribution in [0.1, 0.15) is 22.6 Å². The van der Waals surface area contributed by atoms with E-state index in [9.17, 15) is 4.79 Å². The molecule has 0 saturated carbocycles. The zero-order valence-electron chi connectivity index (χ0n) is 13.8. The lowest BCUT2D eigenvalue weighted by Crippen LogP contribution is -2.30. The Morgan fingerprint density at radius 2 is 2.00 bits per heavy atom. The van der Waals surface area contributed by atoms with E-state index in [0.717, 1.165) is 16.3 Å². The van der Waals surface area contributed by atoms with E-state index in [1.165, 1.54) is 4.88 Å². The van der Waals surface area contributed by atoms with Crippen molar-refractivity contribution in [3.8, 4) is 11.5 Å². The molecule has 2 aromatic rings. The van der Waals surface area contributed by atoms with E-state index >= 15 is 0 Å². The zero-order chi connectivity index (χ0) is 16.9. The molecule has 5 nitrogen and oxygen atoms in total. The van der Waals surface area contributed by atoms with Crippen LogP contribution in [0.5, 0.6) is 11.5 Å². The summed E-state index contributed by atoms with van der Waals surface area (Å²) in [7, 11) is 0. The predicted octanol–water partition coefficient (Wildman–Crippen LogP) is 3.10. The number of fused-ring (bicyclic) bond motifs is 1. The number of anilines is 1. The third-order valence-electron chi connectivity index (χ3n) is 3.84. The minimum atomic E-state index is 0.0724. The van der Waals surface area contributed by atoms with E-state index in [0.29, 0.717) is 44.9 Å². The summed E-state index contributed by atoms with van der Waals surface area (Å²) in [6, 6.07) is 9.81. The molecule has 24 heavy (non-hydrogen) atoms. The molecule has 0 aliphatic carbocycles. The van der Waals surface area contributed by atoms with Gasteiger partial charge in [0.15, 0.2) is 11.5 Å².